The number of halogens is 1. The van der Waals surface area contributed by atoms with E-state index >= 15 is 0 Å². The standard InChI is InChI=1S/C32H41ClN2O6S/c1-40-30-8-3-2-7-27(15-17-36)42(38,39)34-32(37)23-11-14-31-29(19-23)35(20-24-10-13-28(24)30)16-5-4-6-22-18-26(33)12-9-25(22)21-41-31/h3,8-9,11-12,14,18-19,24,27-28,30,36H,2,4-7,10,13,15-17,20-21H2,1H3,(H,34,37)/b8-3+/t24-,27?,28+,30-/m0/s1. The lowest BCUT2D eigenvalue weighted by molar-refractivity contribution is 0.0134. The van der Waals surface area contributed by atoms with E-state index in [2.05, 4.69) is 9.62 Å². The second-order valence-corrected chi connectivity index (χ2v) is 14.0. The minimum absolute atomic E-state index is 0.0490. The van der Waals surface area contributed by atoms with Crippen LogP contribution in [0.25, 0.3) is 0 Å². The second-order valence-electron chi connectivity index (χ2n) is 11.6. The zero-order valence-electron chi connectivity index (χ0n) is 24.1. The number of aliphatic hydroxyl groups is 1. The molecule has 2 N–H and O–H groups in total. The Hall–Kier alpha value is -2.59. The number of hydrogen-bond donors (Lipinski definition) is 2. The number of ether oxygens (including phenoxy) is 2. The Balaban J connectivity index is 1.54. The van der Waals surface area contributed by atoms with Crippen LogP contribution in [0.2, 0.25) is 5.02 Å². The molecule has 1 saturated carbocycles. The van der Waals surface area contributed by atoms with E-state index in [1.54, 1.807) is 25.3 Å². The van der Waals surface area contributed by atoms with Crippen molar-refractivity contribution in [2.24, 2.45) is 11.8 Å². The predicted octanol–water partition coefficient (Wildman–Crippen LogP) is 5.26. The minimum atomic E-state index is -4.02. The van der Waals surface area contributed by atoms with Crippen molar-refractivity contribution in [3.05, 3.63) is 70.3 Å². The van der Waals surface area contributed by atoms with Crippen LogP contribution in [0, 0.1) is 11.8 Å². The number of benzene rings is 2. The third kappa shape index (κ3) is 7.13. The summed E-state index contributed by atoms with van der Waals surface area (Å²) in [6, 6.07) is 11.0. The Labute approximate surface area is 254 Å². The van der Waals surface area contributed by atoms with E-state index in [9.17, 15) is 18.3 Å². The number of sulfonamides is 1. The van der Waals surface area contributed by atoms with Gasteiger partial charge in [0.25, 0.3) is 5.91 Å². The molecule has 228 valence electrons. The molecule has 0 aromatic heterocycles. The molecular formula is C32H41ClN2O6S. The Morgan fingerprint density at radius 3 is 2.74 bits per heavy atom. The van der Waals surface area contributed by atoms with Crippen molar-refractivity contribution in [2.75, 3.05) is 31.7 Å². The molecule has 2 aromatic rings. The fourth-order valence-electron chi connectivity index (χ4n) is 6.40. The number of methoxy groups -OCH3 is 1. The SMILES string of the molecule is CO[C@H]1/C=C/CCC(CCO)S(=O)(=O)NC(=O)c2ccc3c(c2)N(CCCCc2cc(Cl)ccc2CO3)C[C@@H]2CC[C@H]21. The van der Waals surface area contributed by atoms with E-state index in [0.29, 0.717) is 42.1 Å². The zero-order valence-corrected chi connectivity index (χ0v) is 25.7. The maximum atomic E-state index is 13.3. The zero-order chi connectivity index (χ0) is 29.7. The Morgan fingerprint density at radius 2 is 1.98 bits per heavy atom. The van der Waals surface area contributed by atoms with Gasteiger partial charge in [-0.1, -0.05) is 29.8 Å². The smallest absolute Gasteiger partial charge is 0.264 e. The monoisotopic (exact) mass is 616 g/mol. The number of anilines is 1. The van der Waals surface area contributed by atoms with Gasteiger partial charge in [-0.15, -0.1) is 0 Å². The summed E-state index contributed by atoms with van der Waals surface area (Å²) in [7, 11) is -2.29. The molecule has 8 nitrogen and oxygen atoms in total. The normalized spacial score (nSPS) is 27.2. The van der Waals surface area contributed by atoms with E-state index in [1.807, 2.05) is 30.4 Å². The number of nitrogens with zero attached hydrogens (tertiary/aromatic N) is 1. The van der Waals surface area contributed by atoms with Gasteiger partial charge in [0, 0.05) is 37.4 Å². The molecule has 4 atom stereocenters. The Morgan fingerprint density at radius 1 is 1.12 bits per heavy atom. The number of hydrogen-bond acceptors (Lipinski definition) is 7. The first-order valence-electron chi connectivity index (χ1n) is 14.9. The van der Waals surface area contributed by atoms with E-state index in [0.717, 1.165) is 56.4 Å². The molecule has 1 unspecified atom stereocenters. The number of nitrogens with one attached hydrogen (secondary N) is 1. The highest BCUT2D eigenvalue weighted by atomic mass is 35.5. The van der Waals surface area contributed by atoms with Gasteiger partial charge >= 0.3 is 0 Å². The average molecular weight is 617 g/mol. The van der Waals surface area contributed by atoms with Gasteiger partial charge in [0.15, 0.2) is 0 Å². The van der Waals surface area contributed by atoms with Crippen LogP contribution in [0.1, 0.15) is 66.4 Å². The van der Waals surface area contributed by atoms with Gasteiger partial charge in [-0.05, 0) is 105 Å². The fraction of sp³-hybridized carbons (Fsp3) is 0.531. The number of amides is 1. The van der Waals surface area contributed by atoms with E-state index in [1.165, 1.54) is 5.56 Å². The number of allylic oxidation sites excluding steroid dienone is 1. The topological polar surface area (TPSA) is 105 Å². The van der Waals surface area contributed by atoms with Crippen LogP contribution in [0.4, 0.5) is 5.69 Å². The number of aryl methyl sites for hydroxylation is 1. The lowest BCUT2D eigenvalue weighted by Gasteiger charge is -2.43. The van der Waals surface area contributed by atoms with Crippen molar-refractivity contribution in [3.8, 4) is 5.75 Å². The van der Waals surface area contributed by atoms with Crippen LogP contribution in [-0.2, 0) is 27.8 Å². The highest BCUT2D eigenvalue weighted by molar-refractivity contribution is 7.90. The molecule has 0 saturated heterocycles. The van der Waals surface area contributed by atoms with Crippen LogP contribution in [0.15, 0.2) is 48.6 Å². The minimum Gasteiger partial charge on any atom is -0.487 e. The van der Waals surface area contributed by atoms with Crippen LogP contribution < -0.4 is 14.4 Å². The molecule has 0 spiro atoms. The van der Waals surface area contributed by atoms with Gasteiger partial charge in [0.05, 0.1) is 17.0 Å². The average Bonchev–Trinajstić information content (AvgIpc) is 2.98. The molecule has 10 heteroatoms. The first-order chi connectivity index (χ1) is 20.3. The number of carbonyl (C=O) groups is 1. The quantitative estimate of drug-likeness (QED) is 0.453. The van der Waals surface area contributed by atoms with Crippen LogP contribution in [-0.4, -0.2) is 57.6 Å². The summed E-state index contributed by atoms with van der Waals surface area (Å²) in [6.45, 7) is 1.63. The second kappa shape index (κ2) is 13.8. The fourth-order valence-corrected chi connectivity index (χ4v) is 7.99. The molecule has 2 aliphatic heterocycles. The summed E-state index contributed by atoms with van der Waals surface area (Å²) < 4.78 is 41.1. The molecule has 0 radical (unpaired) electrons. The van der Waals surface area contributed by atoms with Crippen molar-refractivity contribution >= 4 is 33.2 Å². The van der Waals surface area contributed by atoms with Crippen LogP contribution >= 0.6 is 11.6 Å². The highest BCUT2D eigenvalue weighted by Crippen LogP contribution is 2.41. The summed E-state index contributed by atoms with van der Waals surface area (Å²) in [4.78, 5) is 15.6. The molecule has 1 aliphatic carbocycles. The molecule has 2 bridgehead atoms. The van der Waals surface area contributed by atoms with Crippen molar-refractivity contribution in [3.63, 3.8) is 0 Å². The summed E-state index contributed by atoms with van der Waals surface area (Å²) in [6.07, 6.45) is 9.77. The van der Waals surface area contributed by atoms with Crippen molar-refractivity contribution < 1.29 is 27.8 Å². The predicted molar refractivity (Wildman–Crippen MR) is 165 cm³/mol. The van der Waals surface area contributed by atoms with Crippen molar-refractivity contribution in [1.82, 2.24) is 4.72 Å². The summed E-state index contributed by atoms with van der Waals surface area (Å²) in [5.41, 5.74) is 3.29. The molecule has 1 amide bonds. The molecular weight excluding hydrogens is 576 g/mol. The van der Waals surface area contributed by atoms with Gasteiger partial charge in [-0.3, -0.25) is 4.79 Å². The third-order valence-corrected chi connectivity index (χ3v) is 11.0. The number of rotatable bonds is 3. The largest absolute Gasteiger partial charge is 0.487 e. The number of aliphatic hydroxyl groups excluding tert-OH is 1. The highest BCUT2D eigenvalue weighted by Gasteiger charge is 2.38. The Bertz CT molecular complexity index is 1400. The lowest BCUT2D eigenvalue weighted by Crippen LogP contribution is -2.44. The van der Waals surface area contributed by atoms with Crippen molar-refractivity contribution in [2.45, 2.75) is 69.3 Å². The lowest BCUT2D eigenvalue weighted by atomic mass is 9.70. The summed E-state index contributed by atoms with van der Waals surface area (Å²) in [5, 5.41) is 9.37. The first-order valence-corrected chi connectivity index (χ1v) is 16.9. The molecule has 2 aromatic carbocycles. The maximum Gasteiger partial charge on any atom is 0.264 e. The van der Waals surface area contributed by atoms with E-state index < -0.39 is 21.2 Å². The number of fused-ring (bicyclic) bond motifs is 3. The molecule has 3 aliphatic rings. The first kappa shape index (κ1) is 30.9. The number of carbonyl (C=O) groups excluding carboxylic acids is 1. The van der Waals surface area contributed by atoms with Gasteiger partial charge in [0.1, 0.15) is 12.4 Å². The van der Waals surface area contributed by atoms with E-state index in [4.69, 9.17) is 21.1 Å². The third-order valence-electron chi connectivity index (χ3n) is 8.97. The maximum absolute atomic E-state index is 13.3. The van der Waals surface area contributed by atoms with Gasteiger partial charge < -0.3 is 19.5 Å². The van der Waals surface area contributed by atoms with Crippen LogP contribution in [0.5, 0.6) is 5.75 Å². The summed E-state index contributed by atoms with van der Waals surface area (Å²) in [5.74, 6) is 0.715. The molecule has 5 rings (SSSR count). The summed E-state index contributed by atoms with van der Waals surface area (Å²) >= 11 is 6.31. The van der Waals surface area contributed by atoms with E-state index in [-0.39, 0.29) is 24.7 Å². The van der Waals surface area contributed by atoms with Gasteiger partial charge in [-0.2, -0.15) is 0 Å². The van der Waals surface area contributed by atoms with Crippen LogP contribution in [0.3, 0.4) is 0 Å². The molecule has 1 fully saturated rings. The Kier molecular flexibility index (Phi) is 10.1. The van der Waals surface area contributed by atoms with Gasteiger partial charge in [-0.25, -0.2) is 13.1 Å². The van der Waals surface area contributed by atoms with Gasteiger partial charge in [0.2, 0.25) is 10.0 Å². The van der Waals surface area contributed by atoms with Crippen molar-refractivity contribution in [1.29, 1.82) is 0 Å². The molecule has 2 heterocycles. The molecule has 42 heavy (non-hydrogen) atoms.